The third-order valence-electron chi connectivity index (χ3n) is 6.33. The average molecular weight is 255 g/mol. The molecule has 1 nitrogen and oxygen atoms in total. The van der Waals surface area contributed by atoms with Crippen LogP contribution in [0.3, 0.4) is 0 Å². The molecule has 5 atom stereocenters. The summed E-state index contributed by atoms with van der Waals surface area (Å²) in [6, 6.07) is 7.26. The number of hydrogen-bond donors (Lipinski definition) is 1. The summed E-state index contributed by atoms with van der Waals surface area (Å²) in [6.45, 7) is 4.39. The van der Waals surface area contributed by atoms with Crippen LogP contribution in [0.5, 0.6) is 0 Å². The van der Waals surface area contributed by atoms with Crippen LogP contribution >= 0.6 is 0 Å². The fourth-order valence-corrected chi connectivity index (χ4v) is 5.30. The highest BCUT2D eigenvalue weighted by atomic mass is 14.8. The van der Waals surface area contributed by atoms with Crippen molar-refractivity contribution in [1.29, 1.82) is 0 Å². The molecule has 3 saturated carbocycles. The first kappa shape index (κ1) is 12.0. The van der Waals surface area contributed by atoms with Crippen LogP contribution in [-0.2, 0) is 6.42 Å². The first-order valence-electron chi connectivity index (χ1n) is 7.97. The van der Waals surface area contributed by atoms with Gasteiger partial charge in [-0.25, -0.2) is 0 Å². The van der Waals surface area contributed by atoms with Crippen molar-refractivity contribution in [3.63, 3.8) is 0 Å². The summed E-state index contributed by atoms with van der Waals surface area (Å²) in [4.78, 5) is 0. The molecule has 4 rings (SSSR count). The summed E-state index contributed by atoms with van der Waals surface area (Å²) >= 11 is 0. The van der Waals surface area contributed by atoms with Crippen molar-refractivity contribution in [2.75, 3.05) is 0 Å². The van der Waals surface area contributed by atoms with E-state index >= 15 is 0 Å². The average Bonchev–Trinajstić information content (AvgIpc) is 2.83. The van der Waals surface area contributed by atoms with E-state index in [0.29, 0.717) is 6.04 Å². The zero-order valence-corrected chi connectivity index (χ0v) is 12.1. The van der Waals surface area contributed by atoms with Crippen LogP contribution in [0, 0.1) is 43.4 Å². The van der Waals surface area contributed by atoms with Gasteiger partial charge in [-0.15, -0.1) is 0 Å². The van der Waals surface area contributed by atoms with Gasteiger partial charge in [0.1, 0.15) is 0 Å². The lowest BCUT2D eigenvalue weighted by molar-refractivity contribution is 0.409. The Bertz CT molecular complexity index is 490. The molecule has 0 radical (unpaired) electrons. The summed E-state index contributed by atoms with van der Waals surface area (Å²) in [5.74, 6) is 4.98. The number of hydrogen-bond acceptors (Lipinski definition) is 1. The summed E-state index contributed by atoms with van der Waals surface area (Å²) < 4.78 is 0. The second kappa shape index (κ2) is 4.09. The standard InChI is InChI=1S/C18H25N/c1-10-3-4-12(7-11(10)2)8-15(19)18-16-13-5-6-14(9-13)17(16)18/h3-4,7,13-18H,5-6,8-9,19H2,1-2H3. The molecule has 0 saturated heterocycles. The Morgan fingerprint density at radius 1 is 1.11 bits per heavy atom. The van der Waals surface area contributed by atoms with Crippen LogP contribution < -0.4 is 5.73 Å². The molecule has 5 unspecified atom stereocenters. The Hall–Kier alpha value is -0.820. The molecule has 3 aliphatic rings. The quantitative estimate of drug-likeness (QED) is 0.879. The lowest BCUT2D eigenvalue weighted by Crippen LogP contribution is -2.28. The van der Waals surface area contributed by atoms with E-state index in [-0.39, 0.29) is 0 Å². The minimum absolute atomic E-state index is 0.403. The van der Waals surface area contributed by atoms with Gasteiger partial charge in [0.25, 0.3) is 0 Å². The maximum Gasteiger partial charge on any atom is 0.0113 e. The minimum Gasteiger partial charge on any atom is -0.327 e. The number of benzene rings is 1. The van der Waals surface area contributed by atoms with Gasteiger partial charge in [-0.3, -0.25) is 0 Å². The first-order valence-corrected chi connectivity index (χ1v) is 7.97. The Labute approximate surface area is 116 Å². The number of rotatable bonds is 3. The van der Waals surface area contributed by atoms with E-state index in [0.717, 1.165) is 36.0 Å². The van der Waals surface area contributed by atoms with E-state index in [2.05, 4.69) is 32.0 Å². The molecule has 1 heteroatoms. The smallest absolute Gasteiger partial charge is 0.0113 e. The van der Waals surface area contributed by atoms with Crippen molar-refractivity contribution in [2.24, 2.45) is 35.3 Å². The topological polar surface area (TPSA) is 26.0 Å². The molecule has 1 aromatic carbocycles. The van der Waals surface area contributed by atoms with Gasteiger partial charge in [0, 0.05) is 6.04 Å². The second-order valence-corrected chi connectivity index (χ2v) is 7.35. The van der Waals surface area contributed by atoms with Gasteiger partial charge in [0.2, 0.25) is 0 Å². The van der Waals surface area contributed by atoms with Crippen molar-refractivity contribution >= 4 is 0 Å². The van der Waals surface area contributed by atoms with E-state index < -0.39 is 0 Å². The third-order valence-corrected chi connectivity index (χ3v) is 6.33. The highest BCUT2D eigenvalue weighted by Crippen LogP contribution is 2.70. The Morgan fingerprint density at radius 3 is 2.42 bits per heavy atom. The number of nitrogens with two attached hydrogens (primary N) is 1. The Kier molecular flexibility index (Phi) is 2.57. The first-order chi connectivity index (χ1) is 9.15. The third kappa shape index (κ3) is 1.78. The van der Waals surface area contributed by atoms with Crippen LogP contribution in [0.2, 0.25) is 0 Å². The molecule has 0 heterocycles. The largest absolute Gasteiger partial charge is 0.327 e. The predicted molar refractivity (Wildman–Crippen MR) is 78.9 cm³/mol. The van der Waals surface area contributed by atoms with Gasteiger partial charge >= 0.3 is 0 Å². The summed E-state index contributed by atoms with van der Waals surface area (Å²) in [5.41, 5.74) is 10.8. The minimum atomic E-state index is 0.403. The molecule has 0 amide bonds. The van der Waals surface area contributed by atoms with Gasteiger partial charge < -0.3 is 5.73 Å². The van der Waals surface area contributed by atoms with Gasteiger partial charge in [0.05, 0.1) is 0 Å². The molecule has 3 aliphatic carbocycles. The molecular formula is C18H25N. The van der Waals surface area contributed by atoms with E-state index in [4.69, 9.17) is 5.73 Å². The van der Waals surface area contributed by atoms with Crippen LogP contribution in [0.4, 0.5) is 0 Å². The van der Waals surface area contributed by atoms with Gasteiger partial charge in [-0.2, -0.15) is 0 Å². The van der Waals surface area contributed by atoms with Crippen molar-refractivity contribution in [2.45, 2.75) is 45.6 Å². The molecule has 2 bridgehead atoms. The van der Waals surface area contributed by atoms with E-state index in [1.54, 1.807) is 0 Å². The van der Waals surface area contributed by atoms with E-state index in [1.807, 2.05) is 0 Å². The van der Waals surface area contributed by atoms with E-state index in [1.165, 1.54) is 36.0 Å². The summed E-state index contributed by atoms with van der Waals surface area (Å²) in [7, 11) is 0. The molecule has 0 aromatic heterocycles. The van der Waals surface area contributed by atoms with Crippen LogP contribution in [-0.4, -0.2) is 6.04 Å². The molecule has 19 heavy (non-hydrogen) atoms. The molecular weight excluding hydrogens is 230 g/mol. The number of aryl methyl sites for hydroxylation is 2. The SMILES string of the molecule is Cc1ccc(CC(N)C2C3C4CCC(C4)C23)cc1C. The van der Waals surface area contributed by atoms with Gasteiger partial charge in [-0.05, 0) is 85.8 Å². The molecule has 1 aromatic rings. The molecule has 0 aliphatic heterocycles. The van der Waals surface area contributed by atoms with Gasteiger partial charge in [-0.1, -0.05) is 18.2 Å². The fraction of sp³-hybridized carbons (Fsp3) is 0.667. The summed E-state index contributed by atoms with van der Waals surface area (Å²) in [5, 5.41) is 0. The zero-order valence-electron chi connectivity index (χ0n) is 12.1. The van der Waals surface area contributed by atoms with Crippen molar-refractivity contribution in [1.82, 2.24) is 0 Å². The normalized spacial score (nSPS) is 40.3. The zero-order chi connectivity index (χ0) is 13.1. The highest BCUT2D eigenvalue weighted by molar-refractivity contribution is 5.31. The fourth-order valence-electron chi connectivity index (χ4n) is 5.30. The predicted octanol–water partition coefficient (Wildman–Crippen LogP) is 3.47. The summed E-state index contributed by atoms with van der Waals surface area (Å²) in [6.07, 6.45) is 5.61. The molecule has 0 spiro atoms. The molecule has 3 fully saturated rings. The maximum absolute atomic E-state index is 6.54. The molecule has 2 N–H and O–H groups in total. The monoisotopic (exact) mass is 255 g/mol. The van der Waals surface area contributed by atoms with Crippen LogP contribution in [0.1, 0.15) is 36.0 Å². The number of fused-ring (bicyclic) bond motifs is 5. The maximum atomic E-state index is 6.54. The Balaban J connectivity index is 1.45. The van der Waals surface area contributed by atoms with Crippen LogP contribution in [0.15, 0.2) is 18.2 Å². The van der Waals surface area contributed by atoms with Crippen molar-refractivity contribution in [3.8, 4) is 0 Å². The second-order valence-electron chi connectivity index (χ2n) is 7.35. The lowest BCUT2D eigenvalue weighted by Gasteiger charge is -2.16. The van der Waals surface area contributed by atoms with Gasteiger partial charge in [0.15, 0.2) is 0 Å². The van der Waals surface area contributed by atoms with Crippen LogP contribution in [0.25, 0.3) is 0 Å². The molecule has 102 valence electrons. The lowest BCUT2D eigenvalue weighted by atomic mass is 9.93. The highest BCUT2D eigenvalue weighted by Gasteiger charge is 2.65. The Morgan fingerprint density at radius 2 is 1.79 bits per heavy atom. The van der Waals surface area contributed by atoms with E-state index in [9.17, 15) is 0 Å². The van der Waals surface area contributed by atoms with Crippen molar-refractivity contribution in [3.05, 3.63) is 34.9 Å². The van der Waals surface area contributed by atoms with Crippen molar-refractivity contribution < 1.29 is 0 Å².